The van der Waals surface area contributed by atoms with E-state index in [0.717, 1.165) is 11.1 Å². The van der Waals surface area contributed by atoms with Crippen LogP contribution in [0.5, 0.6) is 0 Å². The Morgan fingerprint density at radius 3 is 2.10 bits per heavy atom. The Morgan fingerprint density at radius 2 is 1.52 bits per heavy atom. The number of sulfonamides is 1. The number of hydrogen-bond donors (Lipinski definition) is 3. The lowest BCUT2D eigenvalue weighted by Crippen LogP contribution is -2.29. The zero-order chi connectivity index (χ0) is 22.0. The molecule has 1 aliphatic rings. The topological polar surface area (TPSA) is 108 Å². The Hall–Kier alpha value is -2.91. The number of rotatable bonds is 8. The predicted octanol–water partition coefficient (Wildman–Crippen LogP) is 3.82. The second-order valence-electron chi connectivity index (χ2n) is 7.01. The van der Waals surface area contributed by atoms with Crippen molar-refractivity contribution in [1.29, 1.82) is 0 Å². The maximum Gasteiger partial charge on any atom is 0.335 e. The molecular formula is C22H19ClN2O5S. The molecule has 1 aliphatic heterocycles. The zero-order valence-electron chi connectivity index (χ0n) is 16.2. The summed E-state index contributed by atoms with van der Waals surface area (Å²) in [5.41, 5.74) is 2.71. The van der Waals surface area contributed by atoms with Crippen LogP contribution in [0.15, 0.2) is 77.7 Å². The minimum Gasteiger partial charge on any atom is -0.478 e. The molecule has 0 aliphatic carbocycles. The molecule has 0 saturated carbocycles. The first-order valence-electron chi connectivity index (χ1n) is 9.43. The highest BCUT2D eigenvalue weighted by molar-refractivity contribution is 7.89. The van der Waals surface area contributed by atoms with Crippen molar-refractivity contribution >= 4 is 33.3 Å². The van der Waals surface area contributed by atoms with Crippen molar-refractivity contribution in [3.8, 4) is 11.1 Å². The van der Waals surface area contributed by atoms with Gasteiger partial charge in [0, 0.05) is 17.3 Å². The largest absolute Gasteiger partial charge is 0.478 e. The first-order valence-corrected chi connectivity index (χ1v) is 11.3. The van der Waals surface area contributed by atoms with Gasteiger partial charge in [0.1, 0.15) is 6.10 Å². The number of nitrogens with one attached hydrogen (secondary N) is 2. The van der Waals surface area contributed by atoms with Crippen LogP contribution in [-0.2, 0) is 14.8 Å². The van der Waals surface area contributed by atoms with Gasteiger partial charge in [-0.2, -0.15) is 0 Å². The monoisotopic (exact) mass is 458 g/mol. The van der Waals surface area contributed by atoms with Gasteiger partial charge in [0.25, 0.3) is 0 Å². The molecule has 1 saturated heterocycles. The fourth-order valence-electron chi connectivity index (χ4n) is 3.04. The third-order valence-electron chi connectivity index (χ3n) is 4.84. The Labute approximate surface area is 184 Å². The quantitative estimate of drug-likeness (QED) is 0.443. The van der Waals surface area contributed by atoms with Crippen LogP contribution >= 0.6 is 11.6 Å². The molecule has 160 valence electrons. The summed E-state index contributed by atoms with van der Waals surface area (Å²) in [7, 11) is -3.68. The van der Waals surface area contributed by atoms with Crippen LogP contribution in [0.3, 0.4) is 0 Å². The van der Waals surface area contributed by atoms with Gasteiger partial charge < -0.3 is 15.2 Å². The van der Waals surface area contributed by atoms with Gasteiger partial charge in [0.05, 0.1) is 10.5 Å². The van der Waals surface area contributed by atoms with Crippen LogP contribution in [0.4, 0.5) is 5.69 Å². The van der Waals surface area contributed by atoms with E-state index in [1.165, 1.54) is 12.1 Å². The summed E-state index contributed by atoms with van der Waals surface area (Å²) < 4.78 is 33.1. The first kappa shape index (κ1) is 21.3. The molecule has 7 nitrogen and oxygen atoms in total. The minimum atomic E-state index is -3.68. The minimum absolute atomic E-state index is 0.117. The van der Waals surface area contributed by atoms with Crippen LogP contribution in [0.1, 0.15) is 10.4 Å². The number of aromatic carboxylic acids is 1. The Morgan fingerprint density at radius 1 is 0.935 bits per heavy atom. The second kappa shape index (κ2) is 8.68. The number of halogens is 1. The first-order chi connectivity index (χ1) is 14.8. The van der Waals surface area contributed by atoms with Crippen molar-refractivity contribution in [2.75, 3.05) is 11.9 Å². The maximum absolute atomic E-state index is 12.6. The summed E-state index contributed by atoms with van der Waals surface area (Å²) >= 11 is 5.90. The molecule has 0 aromatic heterocycles. The Bertz CT molecular complexity index is 1180. The Kier molecular flexibility index (Phi) is 5.97. The lowest BCUT2D eigenvalue weighted by molar-refractivity contribution is 0.0697. The SMILES string of the molecule is O=C(O)c1ccc(NC2OC2CNS(=O)(=O)c2ccc(-c3ccc(Cl)cc3)cc2)cc1. The van der Waals surface area contributed by atoms with Gasteiger partial charge in [-0.05, 0) is 59.7 Å². The van der Waals surface area contributed by atoms with Gasteiger partial charge in [-0.25, -0.2) is 17.9 Å². The summed E-state index contributed by atoms with van der Waals surface area (Å²) in [5.74, 6) is -0.997. The van der Waals surface area contributed by atoms with E-state index in [-0.39, 0.29) is 29.3 Å². The predicted molar refractivity (Wildman–Crippen MR) is 118 cm³/mol. The second-order valence-corrected chi connectivity index (χ2v) is 9.21. The summed E-state index contributed by atoms with van der Waals surface area (Å²) in [5, 5.41) is 12.6. The third-order valence-corrected chi connectivity index (χ3v) is 6.53. The van der Waals surface area contributed by atoms with Crippen molar-refractivity contribution in [2.45, 2.75) is 17.2 Å². The van der Waals surface area contributed by atoms with Gasteiger partial charge in [-0.1, -0.05) is 35.9 Å². The van der Waals surface area contributed by atoms with Crippen molar-refractivity contribution in [2.24, 2.45) is 0 Å². The van der Waals surface area contributed by atoms with E-state index >= 15 is 0 Å². The molecule has 0 radical (unpaired) electrons. The third kappa shape index (κ3) is 5.23. The number of carbonyl (C=O) groups is 1. The molecule has 1 heterocycles. The van der Waals surface area contributed by atoms with E-state index in [2.05, 4.69) is 10.0 Å². The van der Waals surface area contributed by atoms with Crippen LogP contribution in [0.2, 0.25) is 5.02 Å². The standard InChI is InChI=1S/C22H19ClN2O5S/c23-17-7-1-14(2-8-17)15-5-11-19(12-6-15)31(28,29)24-13-20-21(30-20)25-18-9-3-16(4-10-18)22(26)27/h1-12,20-21,24-25H,13H2,(H,26,27). The Balaban J connectivity index is 1.31. The molecule has 4 rings (SSSR count). The highest BCUT2D eigenvalue weighted by atomic mass is 35.5. The fourth-order valence-corrected chi connectivity index (χ4v) is 4.21. The summed E-state index contributed by atoms with van der Waals surface area (Å²) in [4.78, 5) is 11.0. The number of ether oxygens (including phenoxy) is 1. The van der Waals surface area contributed by atoms with Gasteiger partial charge in [-0.15, -0.1) is 0 Å². The van der Waals surface area contributed by atoms with Crippen LogP contribution < -0.4 is 10.0 Å². The number of benzene rings is 3. The van der Waals surface area contributed by atoms with E-state index in [4.69, 9.17) is 21.4 Å². The van der Waals surface area contributed by atoms with Gasteiger partial charge in [0.15, 0.2) is 6.23 Å². The van der Waals surface area contributed by atoms with Crippen molar-refractivity contribution < 1.29 is 23.1 Å². The molecule has 9 heteroatoms. The van der Waals surface area contributed by atoms with E-state index in [9.17, 15) is 13.2 Å². The molecule has 3 aromatic rings. The molecule has 3 aromatic carbocycles. The summed E-state index contributed by atoms with van der Waals surface area (Å²) in [6.45, 7) is 0.117. The maximum atomic E-state index is 12.6. The van der Waals surface area contributed by atoms with Gasteiger partial charge >= 0.3 is 5.97 Å². The molecule has 2 unspecified atom stereocenters. The average Bonchev–Trinajstić information content (AvgIpc) is 3.51. The number of carboxylic acids is 1. The summed E-state index contributed by atoms with van der Waals surface area (Å²) in [6.07, 6.45) is -0.659. The van der Waals surface area contributed by atoms with E-state index < -0.39 is 16.0 Å². The van der Waals surface area contributed by atoms with Crippen molar-refractivity contribution in [3.63, 3.8) is 0 Å². The zero-order valence-corrected chi connectivity index (χ0v) is 17.7. The number of anilines is 1. The molecular weight excluding hydrogens is 440 g/mol. The van der Waals surface area contributed by atoms with Crippen molar-refractivity contribution in [1.82, 2.24) is 4.72 Å². The highest BCUT2D eigenvalue weighted by Gasteiger charge is 2.39. The molecule has 31 heavy (non-hydrogen) atoms. The lowest BCUT2D eigenvalue weighted by Gasteiger charge is -2.07. The molecule has 0 spiro atoms. The van der Waals surface area contributed by atoms with E-state index in [1.807, 2.05) is 12.1 Å². The molecule has 3 N–H and O–H groups in total. The van der Waals surface area contributed by atoms with Crippen molar-refractivity contribution in [3.05, 3.63) is 83.4 Å². The van der Waals surface area contributed by atoms with E-state index in [0.29, 0.717) is 10.7 Å². The number of epoxide rings is 1. The highest BCUT2D eigenvalue weighted by Crippen LogP contribution is 2.26. The number of carboxylic acid groups (broad SMARTS) is 1. The number of hydrogen-bond acceptors (Lipinski definition) is 5. The molecule has 1 fully saturated rings. The smallest absolute Gasteiger partial charge is 0.335 e. The van der Waals surface area contributed by atoms with Crippen LogP contribution in [0.25, 0.3) is 11.1 Å². The van der Waals surface area contributed by atoms with E-state index in [1.54, 1.807) is 48.5 Å². The normalized spacial score (nSPS) is 17.8. The van der Waals surface area contributed by atoms with Gasteiger partial charge in [-0.3, -0.25) is 0 Å². The molecule has 0 bridgehead atoms. The van der Waals surface area contributed by atoms with Crippen LogP contribution in [0, 0.1) is 0 Å². The average molecular weight is 459 g/mol. The summed E-state index contributed by atoms with van der Waals surface area (Å²) in [6, 6.07) is 20.1. The fraction of sp³-hybridized carbons (Fsp3) is 0.136. The molecule has 0 amide bonds. The molecule has 2 atom stereocenters. The lowest BCUT2D eigenvalue weighted by atomic mass is 10.1. The van der Waals surface area contributed by atoms with Crippen LogP contribution in [-0.4, -0.2) is 38.4 Å². The van der Waals surface area contributed by atoms with Gasteiger partial charge in [0.2, 0.25) is 10.0 Å².